The molecule has 0 spiro atoms. The first kappa shape index (κ1) is 24.9. The van der Waals surface area contributed by atoms with Gasteiger partial charge in [0.2, 0.25) is 0 Å². The van der Waals surface area contributed by atoms with Crippen LogP contribution in [0.5, 0.6) is 0 Å². The first-order chi connectivity index (χ1) is 12.1. The lowest BCUT2D eigenvalue weighted by molar-refractivity contribution is 0.350. The van der Waals surface area contributed by atoms with Gasteiger partial charge < -0.3 is 11.5 Å². The van der Waals surface area contributed by atoms with Gasteiger partial charge in [0.25, 0.3) is 0 Å². The van der Waals surface area contributed by atoms with E-state index in [9.17, 15) is 0 Å². The van der Waals surface area contributed by atoms with Crippen LogP contribution in [0.3, 0.4) is 0 Å². The van der Waals surface area contributed by atoms with Crippen molar-refractivity contribution in [3.8, 4) is 0 Å². The van der Waals surface area contributed by atoms with Crippen LogP contribution in [-0.2, 0) is 0 Å². The fraction of sp³-hybridized carbons (Fsp3) is 1.00. The molecule has 0 amide bonds. The lowest BCUT2D eigenvalue weighted by Gasteiger charge is -2.24. The molecule has 0 aliphatic rings. The van der Waals surface area contributed by atoms with Crippen molar-refractivity contribution in [3.05, 3.63) is 0 Å². The third-order valence-electron chi connectivity index (χ3n) is 5.49. The molecule has 0 saturated carbocycles. The molecule has 2 nitrogen and oxygen atoms in total. The summed E-state index contributed by atoms with van der Waals surface area (Å²) >= 11 is 0. The summed E-state index contributed by atoms with van der Waals surface area (Å²) < 4.78 is 0. The van der Waals surface area contributed by atoms with E-state index >= 15 is 0 Å². The van der Waals surface area contributed by atoms with Crippen LogP contribution in [0.1, 0.15) is 142 Å². The molecule has 0 rings (SSSR count). The summed E-state index contributed by atoms with van der Waals surface area (Å²) in [5.41, 5.74) is 11.9. The minimum Gasteiger partial charge on any atom is -0.313 e. The van der Waals surface area contributed by atoms with E-state index in [1.165, 1.54) is 109 Å². The molecule has 0 aliphatic carbocycles. The SMILES string of the molecule is CCCCCCCCCCCCCCCCCCC(N)(N)CCCC. The van der Waals surface area contributed by atoms with Crippen molar-refractivity contribution in [2.45, 2.75) is 148 Å². The molecule has 0 unspecified atom stereocenters. The molecule has 25 heavy (non-hydrogen) atoms. The molecule has 0 saturated heterocycles. The minimum absolute atomic E-state index is 0.411. The van der Waals surface area contributed by atoms with Crippen molar-refractivity contribution < 1.29 is 0 Å². The average Bonchev–Trinajstić information content (AvgIpc) is 2.59. The summed E-state index contributed by atoms with van der Waals surface area (Å²) in [6.45, 7) is 4.49. The van der Waals surface area contributed by atoms with Gasteiger partial charge in [-0.15, -0.1) is 0 Å². The molecule has 0 fully saturated rings. The predicted molar refractivity (Wildman–Crippen MR) is 115 cm³/mol. The number of hydrogen-bond donors (Lipinski definition) is 2. The van der Waals surface area contributed by atoms with Crippen LogP contribution >= 0.6 is 0 Å². The third kappa shape index (κ3) is 20.1. The monoisotopic (exact) mass is 354 g/mol. The van der Waals surface area contributed by atoms with E-state index < -0.39 is 5.66 Å². The molecule has 0 aromatic carbocycles. The van der Waals surface area contributed by atoms with Crippen LogP contribution < -0.4 is 11.5 Å². The Hall–Kier alpha value is -0.0800. The van der Waals surface area contributed by atoms with Gasteiger partial charge in [0.15, 0.2) is 0 Å². The summed E-state index contributed by atoms with van der Waals surface area (Å²) in [5.74, 6) is 0. The number of unbranched alkanes of at least 4 members (excludes halogenated alkanes) is 16. The summed E-state index contributed by atoms with van der Waals surface area (Å²) in [7, 11) is 0. The Labute approximate surface area is 159 Å². The lowest BCUT2D eigenvalue weighted by atomic mass is 9.96. The Bertz CT molecular complexity index is 250. The first-order valence-electron chi connectivity index (χ1n) is 11.7. The molecule has 152 valence electrons. The normalized spacial score (nSPS) is 12.0. The van der Waals surface area contributed by atoms with Gasteiger partial charge in [-0.1, -0.05) is 129 Å². The van der Waals surface area contributed by atoms with Crippen LogP contribution in [0.2, 0.25) is 0 Å². The van der Waals surface area contributed by atoms with Crippen molar-refractivity contribution in [1.82, 2.24) is 0 Å². The predicted octanol–water partition coefficient (Wildman–Crippen LogP) is 7.44. The Balaban J connectivity index is 3.14. The smallest absolute Gasteiger partial charge is 0.0636 e. The van der Waals surface area contributed by atoms with E-state index in [-0.39, 0.29) is 0 Å². The Kier molecular flexibility index (Phi) is 18.6. The van der Waals surface area contributed by atoms with Crippen molar-refractivity contribution in [1.29, 1.82) is 0 Å². The Morgan fingerprint density at radius 2 is 0.680 bits per heavy atom. The zero-order valence-corrected chi connectivity index (χ0v) is 17.8. The van der Waals surface area contributed by atoms with Crippen molar-refractivity contribution in [2.24, 2.45) is 11.5 Å². The zero-order valence-electron chi connectivity index (χ0n) is 17.8. The maximum Gasteiger partial charge on any atom is 0.0636 e. The summed E-state index contributed by atoms with van der Waals surface area (Å²) in [5, 5.41) is 0. The van der Waals surface area contributed by atoms with Gasteiger partial charge in [-0.25, -0.2) is 0 Å². The molecule has 0 heterocycles. The fourth-order valence-corrected chi connectivity index (χ4v) is 3.63. The highest BCUT2D eigenvalue weighted by atomic mass is 14.9. The highest BCUT2D eigenvalue weighted by molar-refractivity contribution is 4.76. The molecular weight excluding hydrogens is 304 g/mol. The summed E-state index contributed by atoms with van der Waals surface area (Å²) in [6, 6.07) is 0. The van der Waals surface area contributed by atoms with Gasteiger partial charge >= 0.3 is 0 Å². The summed E-state index contributed by atoms with van der Waals surface area (Å²) in [6.07, 6.45) is 26.9. The maximum atomic E-state index is 6.14. The molecule has 0 radical (unpaired) electrons. The molecule has 0 atom stereocenters. The molecule has 0 aromatic heterocycles. The van der Waals surface area contributed by atoms with E-state index in [1.54, 1.807) is 0 Å². The second-order valence-corrected chi connectivity index (χ2v) is 8.39. The van der Waals surface area contributed by atoms with Crippen LogP contribution in [0.15, 0.2) is 0 Å². The van der Waals surface area contributed by atoms with Gasteiger partial charge in [0, 0.05) is 0 Å². The van der Waals surface area contributed by atoms with Crippen LogP contribution in [0.4, 0.5) is 0 Å². The molecule has 4 N–H and O–H groups in total. The van der Waals surface area contributed by atoms with Gasteiger partial charge in [-0.05, 0) is 12.8 Å². The summed E-state index contributed by atoms with van der Waals surface area (Å²) in [4.78, 5) is 0. The van der Waals surface area contributed by atoms with E-state index in [0.717, 1.165) is 19.3 Å². The number of nitrogens with two attached hydrogens (primary N) is 2. The Morgan fingerprint density at radius 1 is 0.400 bits per heavy atom. The minimum atomic E-state index is -0.411. The number of rotatable bonds is 20. The van der Waals surface area contributed by atoms with Gasteiger partial charge in [-0.2, -0.15) is 0 Å². The largest absolute Gasteiger partial charge is 0.313 e. The van der Waals surface area contributed by atoms with E-state index in [2.05, 4.69) is 13.8 Å². The molecule has 2 heteroatoms. The molecular formula is C23H50N2. The van der Waals surface area contributed by atoms with Gasteiger partial charge in [0.1, 0.15) is 0 Å². The van der Waals surface area contributed by atoms with Gasteiger partial charge in [-0.3, -0.25) is 0 Å². The van der Waals surface area contributed by atoms with E-state index in [4.69, 9.17) is 11.5 Å². The van der Waals surface area contributed by atoms with Gasteiger partial charge in [0.05, 0.1) is 5.66 Å². The standard InChI is InChI=1S/C23H50N2/c1-3-5-7-8-9-10-11-12-13-14-15-16-17-18-19-20-22-23(24,25)21-6-4-2/h3-22,24-25H2,1-2H3. The van der Waals surface area contributed by atoms with E-state index in [0.29, 0.717) is 0 Å². The highest BCUT2D eigenvalue weighted by Gasteiger charge is 2.16. The lowest BCUT2D eigenvalue weighted by Crippen LogP contribution is -2.49. The van der Waals surface area contributed by atoms with Crippen molar-refractivity contribution in [2.75, 3.05) is 0 Å². The highest BCUT2D eigenvalue weighted by Crippen LogP contribution is 2.16. The number of hydrogen-bond acceptors (Lipinski definition) is 2. The average molecular weight is 355 g/mol. The Morgan fingerprint density at radius 3 is 1.04 bits per heavy atom. The second-order valence-electron chi connectivity index (χ2n) is 8.39. The first-order valence-corrected chi connectivity index (χ1v) is 11.7. The van der Waals surface area contributed by atoms with Crippen LogP contribution in [0, 0.1) is 0 Å². The maximum absolute atomic E-state index is 6.14. The second kappa shape index (κ2) is 18.7. The molecule has 0 aromatic rings. The zero-order chi connectivity index (χ0) is 18.6. The molecule has 0 bridgehead atoms. The van der Waals surface area contributed by atoms with E-state index in [1.807, 2.05) is 0 Å². The topological polar surface area (TPSA) is 52.0 Å². The van der Waals surface area contributed by atoms with Crippen LogP contribution in [0.25, 0.3) is 0 Å². The molecule has 0 aliphatic heterocycles. The quantitative estimate of drug-likeness (QED) is 0.176. The van der Waals surface area contributed by atoms with Crippen molar-refractivity contribution >= 4 is 0 Å². The third-order valence-corrected chi connectivity index (χ3v) is 5.49. The van der Waals surface area contributed by atoms with Crippen molar-refractivity contribution in [3.63, 3.8) is 0 Å². The fourth-order valence-electron chi connectivity index (χ4n) is 3.63. The van der Waals surface area contributed by atoms with Crippen LogP contribution in [-0.4, -0.2) is 5.66 Å².